The summed E-state index contributed by atoms with van der Waals surface area (Å²) in [5.41, 5.74) is 12.0. The van der Waals surface area contributed by atoms with Gasteiger partial charge >= 0.3 is 5.97 Å². The molecule has 0 radical (unpaired) electrons. The van der Waals surface area contributed by atoms with Crippen molar-refractivity contribution in [1.82, 2.24) is 0 Å². The highest BCUT2D eigenvalue weighted by atomic mass is 16.5. The Balaban J connectivity index is 2.57. The number of carboxylic acid groups (broad SMARTS) is 1. The third-order valence-corrected chi connectivity index (χ3v) is 2.76. The molecule has 1 atom stereocenters. The average Bonchev–Trinajstić information content (AvgIpc) is 2.48. The van der Waals surface area contributed by atoms with Crippen LogP contribution >= 0.6 is 0 Å². The van der Waals surface area contributed by atoms with E-state index in [1.165, 1.54) is 7.11 Å². The Morgan fingerprint density at radius 3 is 2.57 bits per heavy atom. The predicted molar refractivity (Wildman–Crippen MR) is 79.6 cm³/mol. The van der Waals surface area contributed by atoms with E-state index in [9.17, 15) is 4.79 Å². The molecule has 0 saturated heterocycles. The molecule has 7 nitrogen and oxygen atoms in total. The summed E-state index contributed by atoms with van der Waals surface area (Å²) in [5, 5.41) is 8.82. The fourth-order valence-corrected chi connectivity index (χ4v) is 1.52. The van der Waals surface area contributed by atoms with Crippen LogP contribution in [-0.4, -0.2) is 49.8 Å². The minimum atomic E-state index is -1.06. The number of amidine groups is 1. The number of carboxylic acids is 1. The molecule has 0 aliphatic carbocycles. The Labute approximate surface area is 123 Å². The summed E-state index contributed by atoms with van der Waals surface area (Å²) in [5.74, 6) is -0.0856. The van der Waals surface area contributed by atoms with Gasteiger partial charge < -0.3 is 26.0 Å². The Bertz CT molecular complexity index is 474. The van der Waals surface area contributed by atoms with Crippen LogP contribution in [0.3, 0.4) is 0 Å². The highest BCUT2D eigenvalue weighted by Gasteiger charge is 2.16. The fraction of sp³-hybridized carbons (Fsp3) is 0.429. The number of hydrogen-bond acceptors (Lipinski definition) is 5. The summed E-state index contributed by atoms with van der Waals surface area (Å²) in [6.45, 7) is 1.10. The SMILES string of the molecule is CO[C@@H](COc1ccc(C(N)=NCCCN)cc1)C(=O)O. The molecule has 0 amide bonds. The van der Waals surface area contributed by atoms with Crippen molar-refractivity contribution in [2.75, 3.05) is 26.8 Å². The van der Waals surface area contributed by atoms with E-state index < -0.39 is 12.1 Å². The molecule has 0 aromatic heterocycles. The lowest BCUT2D eigenvalue weighted by atomic mass is 10.2. The Morgan fingerprint density at radius 1 is 1.38 bits per heavy atom. The molecule has 0 spiro atoms. The van der Waals surface area contributed by atoms with Gasteiger partial charge in [0.1, 0.15) is 18.2 Å². The zero-order chi connectivity index (χ0) is 15.7. The van der Waals surface area contributed by atoms with Gasteiger partial charge in [-0.3, -0.25) is 4.99 Å². The highest BCUT2D eigenvalue weighted by Crippen LogP contribution is 2.13. The van der Waals surface area contributed by atoms with Gasteiger partial charge in [-0.05, 0) is 37.2 Å². The molecular formula is C14H21N3O4. The number of aliphatic imine (C=N–C) groups is 1. The third-order valence-electron chi connectivity index (χ3n) is 2.76. The van der Waals surface area contributed by atoms with Crippen molar-refractivity contribution in [3.63, 3.8) is 0 Å². The van der Waals surface area contributed by atoms with Crippen LogP contribution < -0.4 is 16.2 Å². The summed E-state index contributed by atoms with van der Waals surface area (Å²) in [6.07, 6.45) is -0.206. The van der Waals surface area contributed by atoms with Gasteiger partial charge in [0.25, 0.3) is 0 Å². The minimum absolute atomic E-state index is 0.0642. The molecule has 1 rings (SSSR count). The molecule has 21 heavy (non-hydrogen) atoms. The lowest BCUT2D eigenvalue weighted by Gasteiger charge is -2.12. The van der Waals surface area contributed by atoms with E-state index in [2.05, 4.69) is 4.99 Å². The van der Waals surface area contributed by atoms with E-state index in [-0.39, 0.29) is 6.61 Å². The molecule has 0 aliphatic rings. The van der Waals surface area contributed by atoms with Crippen molar-refractivity contribution in [2.45, 2.75) is 12.5 Å². The lowest BCUT2D eigenvalue weighted by Crippen LogP contribution is -2.29. The Kier molecular flexibility index (Phi) is 7.20. The second kappa shape index (κ2) is 8.93. The van der Waals surface area contributed by atoms with Crippen molar-refractivity contribution < 1.29 is 19.4 Å². The maximum absolute atomic E-state index is 10.8. The van der Waals surface area contributed by atoms with Gasteiger partial charge in [0.2, 0.25) is 0 Å². The van der Waals surface area contributed by atoms with Crippen LogP contribution in [0.5, 0.6) is 5.75 Å². The van der Waals surface area contributed by atoms with Crippen molar-refractivity contribution in [3.8, 4) is 5.75 Å². The number of nitrogens with zero attached hydrogens (tertiary/aromatic N) is 1. The molecule has 0 aliphatic heterocycles. The van der Waals surface area contributed by atoms with Gasteiger partial charge in [-0.1, -0.05) is 0 Å². The minimum Gasteiger partial charge on any atom is -0.490 e. The number of carbonyl (C=O) groups is 1. The molecule has 0 bridgehead atoms. The molecule has 116 valence electrons. The summed E-state index contributed by atoms with van der Waals surface area (Å²) < 4.78 is 10.1. The van der Waals surface area contributed by atoms with Gasteiger partial charge in [0.05, 0.1) is 0 Å². The molecule has 1 aromatic rings. The van der Waals surface area contributed by atoms with Crippen LogP contribution in [0.4, 0.5) is 0 Å². The fourth-order valence-electron chi connectivity index (χ4n) is 1.52. The quantitative estimate of drug-likeness (QED) is 0.340. The zero-order valence-corrected chi connectivity index (χ0v) is 12.0. The van der Waals surface area contributed by atoms with E-state index in [1.54, 1.807) is 24.3 Å². The number of ether oxygens (including phenoxy) is 2. The second-order valence-electron chi connectivity index (χ2n) is 4.31. The Morgan fingerprint density at radius 2 is 2.05 bits per heavy atom. The molecule has 0 unspecified atom stereocenters. The van der Waals surface area contributed by atoms with Crippen LogP contribution in [-0.2, 0) is 9.53 Å². The van der Waals surface area contributed by atoms with Crippen LogP contribution in [0, 0.1) is 0 Å². The molecule has 0 fully saturated rings. The van der Waals surface area contributed by atoms with Crippen LogP contribution in [0.2, 0.25) is 0 Å². The number of aliphatic carboxylic acids is 1. The van der Waals surface area contributed by atoms with E-state index in [1.807, 2.05) is 0 Å². The van der Waals surface area contributed by atoms with Crippen LogP contribution in [0.15, 0.2) is 29.3 Å². The third kappa shape index (κ3) is 5.80. The zero-order valence-electron chi connectivity index (χ0n) is 12.0. The normalized spacial score (nSPS) is 13.0. The van der Waals surface area contributed by atoms with Gasteiger partial charge in [-0.25, -0.2) is 4.79 Å². The summed E-state index contributed by atoms with van der Waals surface area (Å²) in [6, 6.07) is 6.93. The maximum Gasteiger partial charge on any atom is 0.336 e. The van der Waals surface area contributed by atoms with Gasteiger partial charge in [-0.15, -0.1) is 0 Å². The smallest absolute Gasteiger partial charge is 0.336 e. The van der Waals surface area contributed by atoms with Gasteiger partial charge in [0, 0.05) is 19.2 Å². The number of nitrogens with two attached hydrogens (primary N) is 2. The Hall–Kier alpha value is -2.12. The maximum atomic E-state index is 10.8. The first-order valence-electron chi connectivity index (χ1n) is 6.57. The van der Waals surface area contributed by atoms with Gasteiger partial charge in [-0.2, -0.15) is 0 Å². The molecule has 5 N–H and O–H groups in total. The number of benzene rings is 1. The predicted octanol–water partition coefficient (Wildman–Crippen LogP) is 0.219. The molecular weight excluding hydrogens is 274 g/mol. The average molecular weight is 295 g/mol. The molecule has 0 heterocycles. The first-order valence-corrected chi connectivity index (χ1v) is 6.57. The van der Waals surface area contributed by atoms with Crippen molar-refractivity contribution >= 4 is 11.8 Å². The summed E-state index contributed by atoms with van der Waals surface area (Å²) in [4.78, 5) is 15.0. The number of hydrogen-bond donors (Lipinski definition) is 3. The molecule has 0 saturated carbocycles. The van der Waals surface area contributed by atoms with Crippen LogP contribution in [0.25, 0.3) is 0 Å². The number of rotatable bonds is 9. The van der Waals surface area contributed by atoms with E-state index >= 15 is 0 Å². The second-order valence-corrected chi connectivity index (χ2v) is 4.31. The summed E-state index contributed by atoms with van der Waals surface area (Å²) in [7, 11) is 1.32. The standard InChI is InChI=1S/C14H21N3O4/c1-20-12(14(18)19)9-21-11-5-3-10(4-6-11)13(16)17-8-2-7-15/h3-6,12H,2,7-9,15H2,1H3,(H2,16,17)(H,18,19)/t12-/m0/s1. The summed E-state index contributed by atoms with van der Waals surface area (Å²) >= 11 is 0. The largest absolute Gasteiger partial charge is 0.490 e. The van der Waals surface area contributed by atoms with Gasteiger partial charge in [0.15, 0.2) is 6.10 Å². The first-order chi connectivity index (χ1) is 10.1. The van der Waals surface area contributed by atoms with Crippen molar-refractivity contribution in [3.05, 3.63) is 29.8 Å². The van der Waals surface area contributed by atoms with E-state index in [4.69, 9.17) is 26.0 Å². The van der Waals surface area contributed by atoms with E-state index in [0.717, 1.165) is 12.0 Å². The monoisotopic (exact) mass is 295 g/mol. The van der Waals surface area contributed by atoms with Crippen LogP contribution in [0.1, 0.15) is 12.0 Å². The van der Waals surface area contributed by atoms with Crippen molar-refractivity contribution in [1.29, 1.82) is 0 Å². The first kappa shape index (κ1) is 16.9. The number of methoxy groups -OCH3 is 1. The topological polar surface area (TPSA) is 120 Å². The lowest BCUT2D eigenvalue weighted by molar-refractivity contribution is -0.150. The molecule has 1 aromatic carbocycles. The highest BCUT2D eigenvalue weighted by molar-refractivity contribution is 5.97. The molecule has 7 heteroatoms. The van der Waals surface area contributed by atoms with Crippen molar-refractivity contribution in [2.24, 2.45) is 16.5 Å². The van der Waals surface area contributed by atoms with E-state index in [0.29, 0.717) is 24.7 Å².